The Morgan fingerprint density at radius 3 is 2.47 bits per heavy atom. The Labute approximate surface area is 112 Å². The third kappa shape index (κ3) is 4.62. The lowest BCUT2D eigenvalue weighted by molar-refractivity contribution is -0.124. The van der Waals surface area contributed by atoms with Gasteiger partial charge in [-0.05, 0) is 25.0 Å². The summed E-state index contributed by atoms with van der Waals surface area (Å²) in [7, 11) is 0. The number of para-hydroxylation sites is 1. The van der Waals surface area contributed by atoms with E-state index in [0.717, 1.165) is 0 Å². The van der Waals surface area contributed by atoms with E-state index in [9.17, 15) is 9.59 Å². The Balaban J connectivity index is 2.58. The normalized spacial score (nSPS) is 12.0. The van der Waals surface area contributed by atoms with Gasteiger partial charge >= 0.3 is 5.97 Å². The molecule has 0 heterocycles. The van der Waals surface area contributed by atoms with E-state index in [1.807, 2.05) is 20.8 Å². The summed E-state index contributed by atoms with van der Waals surface area (Å²) < 4.78 is 5.25. The predicted molar refractivity (Wildman–Crippen MR) is 71.3 cm³/mol. The highest BCUT2D eigenvalue weighted by molar-refractivity contribution is 5.91. The monoisotopic (exact) mass is 265 g/mol. The van der Waals surface area contributed by atoms with Gasteiger partial charge in [-0.3, -0.25) is 4.79 Å². The Hall–Kier alpha value is -2.04. The van der Waals surface area contributed by atoms with Crippen LogP contribution in [0.25, 0.3) is 0 Å². The second-order valence-corrected chi connectivity index (χ2v) is 4.69. The van der Waals surface area contributed by atoms with Crippen molar-refractivity contribution in [3.63, 3.8) is 0 Å². The van der Waals surface area contributed by atoms with Crippen LogP contribution >= 0.6 is 0 Å². The summed E-state index contributed by atoms with van der Waals surface area (Å²) >= 11 is 0. The van der Waals surface area contributed by atoms with Crippen molar-refractivity contribution < 1.29 is 19.4 Å². The number of hydrogen-bond acceptors (Lipinski definition) is 3. The molecule has 1 atom stereocenters. The lowest BCUT2D eigenvalue weighted by atomic mass is 10.1. The van der Waals surface area contributed by atoms with Crippen molar-refractivity contribution >= 4 is 11.9 Å². The minimum atomic E-state index is -1.08. The fourth-order valence-electron chi connectivity index (χ4n) is 1.37. The molecule has 0 aromatic heterocycles. The van der Waals surface area contributed by atoms with E-state index < -0.39 is 5.97 Å². The molecule has 0 spiro atoms. The molecule has 1 aromatic rings. The van der Waals surface area contributed by atoms with Gasteiger partial charge in [0, 0.05) is 6.04 Å². The first-order valence-electron chi connectivity index (χ1n) is 6.16. The van der Waals surface area contributed by atoms with Crippen LogP contribution in [0.3, 0.4) is 0 Å². The molecule has 5 nitrogen and oxygen atoms in total. The van der Waals surface area contributed by atoms with Gasteiger partial charge in [-0.2, -0.15) is 0 Å². The topological polar surface area (TPSA) is 75.6 Å². The summed E-state index contributed by atoms with van der Waals surface area (Å²) in [5, 5.41) is 11.8. The Kier molecular flexibility index (Phi) is 5.36. The number of ether oxygens (including phenoxy) is 1. The molecule has 2 N–H and O–H groups in total. The Bertz CT molecular complexity index is 457. The third-order valence-electron chi connectivity index (χ3n) is 2.86. The van der Waals surface area contributed by atoms with Gasteiger partial charge in [0.15, 0.2) is 6.61 Å². The van der Waals surface area contributed by atoms with E-state index in [-0.39, 0.29) is 29.9 Å². The number of amides is 1. The fraction of sp³-hybridized carbons (Fsp3) is 0.429. The summed E-state index contributed by atoms with van der Waals surface area (Å²) in [6.45, 7) is 5.73. The molecule has 19 heavy (non-hydrogen) atoms. The highest BCUT2D eigenvalue weighted by Crippen LogP contribution is 2.17. The second-order valence-electron chi connectivity index (χ2n) is 4.69. The Morgan fingerprint density at radius 2 is 1.89 bits per heavy atom. The van der Waals surface area contributed by atoms with Crippen molar-refractivity contribution in [2.75, 3.05) is 6.61 Å². The van der Waals surface area contributed by atoms with Gasteiger partial charge in [0.2, 0.25) is 0 Å². The molecule has 0 aliphatic heterocycles. The zero-order chi connectivity index (χ0) is 14.4. The molecular formula is C14H19NO4. The summed E-state index contributed by atoms with van der Waals surface area (Å²) in [4.78, 5) is 22.6. The lowest BCUT2D eigenvalue weighted by Crippen LogP contribution is -2.39. The van der Waals surface area contributed by atoms with Crippen molar-refractivity contribution in [2.24, 2.45) is 5.92 Å². The first-order valence-corrected chi connectivity index (χ1v) is 6.16. The predicted octanol–water partition coefficient (Wildman–Crippen LogP) is 1.92. The van der Waals surface area contributed by atoms with E-state index in [2.05, 4.69) is 5.32 Å². The maximum atomic E-state index is 11.6. The van der Waals surface area contributed by atoms with Crippen molar-refractivity contribution in [3.8, 4) is 5.75 Å². The zero-order valence-corrected chi connectivity index (χ0v) is 11.3. The lowest BCUT2D eigenvalue weighted by Gasteiger charge is -2.17. The van der Waals surface area contributed by atoms with Crippen LogP contribution in [0.15, 0.2) is 24.3 Å². The minimum absolute atomic E-state index is 0.0471. The molecule has 104 valence electrons. The van der Waals surface area contributed by atoms with Crippen LogP contribution in [0.2, 0.25) is 0 Å². The van der Waals surface area contributed by atoms with Crippen LogP contribution in [-0.2, 0) is 4.79 Å². The molecule has 0 fully saturated rings. The first kappa shape index (κ1) is 15.0. The molecule has 0 bridgehead atoms. The average Bonchev–Trinajstić information content (AvgIpc) is 2.36. The smallest absolute Gasteiger partial charge is 0.339 e. The maximum absolute atomic E-state index is 11.6. The number of rotatable bonds is 6. The summed E-state index contributed by atoms with van der Waals surface area (Å²) in [6.07, 6.45) is 0. The van der Waals surface area contributed by atoms with Gasteiger partial charge in [-0.1, -0.05) is 26.0 Å². The molecule has 0 radical (unpaired) electrons. The molecule has 1 aromatic carbocycles. The molecule has 0 aliphatic rings. The van der Waals surface area contributed by atoms with Gasteiger partial charge in [0.25, 0.3) is 5.91 Å². The molecule has 0 saturated heterocycles. The third-order valence-corrected chi connectivity index (χ3v) is 2.86. The van der Waals surface area contributed by atoms with Gasteiger partial charge in [-0.25, -0.2) is 4.79 Å². The number of carbonyl (C=O) groups excluding carboxylic acids is 1. The van der Waals surface area contributed by atoms with Crippen LogP contribution in [0.1, 0.15) is 31.1 Å². The van der Waals surface area contributed by atoms with Crippen LogP contribution in [-0.4, -0.2) is 29.6 Å². The standard InChI is InChI=1S/C14H19NO4/c1-9(2)10(3)15-13(16)8-19-12-7-5-4-6-11(12)14(17)18/h4-7,9-10H,8H2,1-3H3,(H,15,16)(H,17,18). The molecule has 1 rings (SSSR count). The van der Waals surface area contributed by atoms with Crippen molar-refractivity contribution in [2.45, 2.75) is 26.8 Å². The first-order chi connectivity index (χ1) is 8.91. The van der Waals surface area contributed by atoms with Crippen LogP contribution in [0.5, 0.6) is 5.75 Å². The molecule has 1 amide bonds. The largest absolute Gasteiger partial charge is 0.483 e. The van der Waals surface area contributed by atoms with E-state index >= 15 is 0 Å². The van der Waals surface area contributed by atoms with Crippen LogP contribution in [0, 0.1) is 5.92 Å². The van der Waals surface area contributed by atoms with Crippen LogP contribution < -0.4 is 10.1 Å². The summed E-state index contributed by atoms with van der Waals surface area (Å²) in [6, 6.07) is 6.29. The molecule has 0 aliphatic carbocycles. The SMILES string of the molecule is CC(C)C(C)NC(=O)COc1ccccc1C(=O)O. The molecule has 0 saturated carbocycles. The quantitative estimate of drug-likeness (QED) is 0.824. The fourth-order valence-corrected chi connectivity index (χ4v) is 1.37. The number of carbonyl (C=O) groups is 2. The van der Waals surface area contributed by atoms with Gasteiger partial charge in [0.05, 0.1) is 0 Å². The van der Waals surface area contributed by atoms with Gasteiger partial charge in [-0.15, -0.1) is 0 Å². The summed E-state index contributed by atoms with van der Waals surface area (Å²) in [5.74, 6) is -0.814. The van der Waals surface area contributed by atoms with E-state index in [4.69, 9.17) is 9.84 Å². The zero-order valence-electron chi connectivity index (χ0n) is 11.3. The number of hydrogen-bond donors (Lipinski definition) is 2. The second kappa shape index (κ2) is 6.78. The van der Waals surface area contributed by atoms with Crippen LogP contribution in [0.4, 0.5) is 0 Å². The molecule has 1 unspecified atom stereocenters. The highest BCUT2D eigenvalue weighted by Gasteiger charge is 2.14. The highest BCUT2D eigenvalue weighted by atomic mass is 16.5. The number of nitrogens with one attached hydrogen (secondary N) is 1. The van der Waals surface area contributed by atoms with E-state index in [0.29, 0.717) is 5.92 Å². The minimum Gasteiger partial charge on any atom is -0.483 e. The number of aromatic carboxylic acids is 1. The summed E-state index contributed by atoms with van der Waals surface area (Å²) in [5.41, 5.74) is 0.0483. The van der Waals surface area contributed by atoms with Crippen molar-refractivity contribution in [1.82, 2.24) is 5.32 Å². The van der Waals surface area contributed by atoms with Gasteiger partial charge in [0.1, 0.15) is 11.3 Å². The molecular weight excluding hydrogens is 246 g/mol. The number of carboxylic acids is 1. The van der Waals surface area contributed by atoms with E-state index in [1.54, 1.807) is 12.1 Å². The average molecular weight is 265 g/mol. The van der Waals surface area contributed by atoms with E-state index in [1.165, 1.54) is 12.1 Å². The van der Waals surface area contributed by atoms with Crippen molar-refractivity contribution in [3.05, 3.63) is 29.8 Å². The van der Waals surface area contributed by atoms with Crippen molar-refractivity contribution in [1.29, 1.82) is 0 Å². The maximum Gasteiger partial charge on any atom is 0.339 e. The van der Waals surface area contributed by atoms with Gasteiger partial charge < -0.3 is 15.2 Å². The number of carboxylic acid groups (broad SMARTS) is 1. The molecule has 5 heteroatoms. The number of benzene rings is 1. The Morgan fingerprint density at radius 1 is 1.26 bits per heavy atom.